The van der Waals surface area contributed by atoms with E-state index in [0.29, 0.717) is 5.92 Å². The molecule has 0 amide bonds. The summed E-state index contributed by atoms with van der Waals surface area (Å²) >= 11 is 0. The SMILES string of the molecule is C[C@H]1CCN[C@@H]1C=O. The van der Waals surface area contributed by atoms with Gasteiger partial charge in [-0.25, -0.2) is 0 Å². The Morgan fingerprint density at radius 3 is 2.75 bits per heavy atom. The van der Waals surface area contributed by atoms with E-state index in [0.717, 1.165) is 19.3 Å². The lowest BCUT2D eigenvalue weighted by molar-refractivity contribution is -0.109. The molecule has 2 heteroatoms. The second-order valence-electron chi connectivity index (χ2n) is 2.38. The zero-order valence-electron chi connectivity index (χ0n) is 5.05. The second-order valence-corrected chi connectivity index (χ2v) is 2.38. The Labute approximate surface area is 49.3 Å². The van der Waals surface area contributed by atoms with Gasteiger partial charge in [0.25, 0.3) is 0 Å². The standard InChI is InChI=1S/C6H11NO/c1-5-2-3-7-6(5)4-8/h4-7H,2-3H2,1H3/t5-,6+/m0/s1. The highest BCUT2D eigenvalue weighted by Crippen LogP contribution is 2.11. The van der Waals surface area contributed by atoms with E-state index < -0.39 is 0 Å². The third-order valence-electron chi connectivity index (χ3n) is 1.74. The molecule has 1 N–H and O–H groups in total. The van der Waals surface area contributed by atoms with Crippen LogP contribution in [-0.4, -0.2) is 18.9 Å². The van der Waals surface area contributed by atoms with Crippen LogP contribution < -0.4 is 5.32 Å². The molecule has 1 saturated heterocycles. The molecule has 0 radical (unpaired) electrons. The maximum absolute atomic E-state index is 10.2. The lowest BCUT2D eigenvalue weighted by Crippen LogP contribution is -2.26. The van der Waals surface area contributed by atoms with Crippen LogP contribution in [-0.2, 0) is 4.79 Å². The molecule has 2 atom stereocenters. The van der Waals surface area contributed by atoms with E-state index in [1.165, 1.54) is 0 Å². The minimum atomic E-state index is 0.134. The maximum Gasteiger partial charge on any atom is 0.137 e. The van der Waals surface area contributed by atoms with Crippen molar-refractivity contribution in [1.29, 1.82) is 0 Å². The van der Waals surface area contributed by atoms with E-state index in [2.05, 4.69) is 12.2 Å². The minimum absolute atomic E-state index is 0.134. The van der Waals surface area contributed by atoms with E-state index >= 15 is 0 Å². The summed E-state index contributed by atoms with van der Waals surface area (Å²) in [6.07, 6.45) is 2.14. The van der Waals surface area contributed by atoms with E-state index in [1.54, 1.807) is 0 Å². The topological polar surface area (TPSA) is 29.1 Å². The highest BCUT2D eigenvalue weighted by Gasteiger charge is 2.20. The Morgan fingerprint density at radius 2 is 2.50 bits per heavy atom. The zero-order chi connectivity index (χ0) is 5.98. The van der Waals surface area contributed by atoms with Crippen LogP contribution in [0.15, 0.2) is 0 Å². The number of rotatable bonds is 1. The minimum Gasteiger partial charge on any atom is -0.307 e. The normalized spacial score (nSPS) is 37.6. The predicted octanol–water partition coefficient (Wildman–Crippen LogP) is 0.183. The maximum atomic E-state index is 10.2. The third-order valence-corrected chi connectivity index (χ3v) is 1.74. The van der Waals surface area contributed by atoms with Crippen LogP contribution in [0.1, 0.15) is 13.3 Å². The van der Waals surface area contributed by atoms with Gasteiger partial charge in [-0.1, -0.05) is 6.92 Å². The van der Waals surface area contributed by atoms with Crippen molar-refractivity contribution in [3.05, 3.63) is 0 Å². The zero-order valence-corrected chi connectivity index (χ0v) is 5.05. The fourth-order valence-corrected chi connectivity index (χ4v) is 1.04. The summed E-state index contributed by atoms with van der Waals surface area (Å²) in [6, 6.07) is 0.134. The van der Waals surface area contributed by atoms with Crippen molar-refractivity contribution in [2.24, 2.45) is 5.92 Å². The van der Waals surface area contributed by atoms with Gasteiger partial charge in [0.1, 0.15) is 6.29 Å². The summed E-state index contributed by atoms with van der Waals surface area (Å²) in [5, 5.41) is 3.09. The van der Waals surface area contributed by atoms with Crippen molar-refractivity contribution in [2.75, 3.05) is 6.54 Å². The smallest absolute Gasteiger partial charge is 0.137 e. The first-order valence-electron chi connectivity index (χ1n) is 3.03. The summed E-state index contributed by atoms with van der Waals surface area (Å²) in [6.45, 7) is 3.10. The number of carbonyl (C=O) groups is 1. The van der Waals surface area contributed by atoms with E-state index in [-0.39, 0.29) is 6.04 Å². The predicted molar refractivity (Wildman–Crippen MR) is 31.6 cm³/mol. The van der Waals surface area contributed by atoms with Crippen LogP contribution >= 0.6 is 0 Å². The van der Waals surface area contributed by atoms with Crippen LogP contribution in [0, 0.1) is 5.92 Å². The molecule has 0 spiro atoms. The Balaban J connectivity index is 2.41. The van der Waals surface area contributed by atoms with E-state index in [1.807, 2.05) is 0 Å². The third kappa shape index (κ3) is 0.892. The first kappa shape index (κ1) is 5.76. The van der Waals surface area contributed by atoms with Gasteiger partial charge in [0.2, 0.25) is 0 Å². The molecule has 2 nitrogen and oxygen atoms in total. The van der Waals surface area contributed by atoms with Crippen LogP contribution in [0.2, 0.25) is 0 Å². The van der Waals surface area contributed by atoms with E-state index in [9.17, 15) is 4.79 Å². The lowest BCUT2D eigenvalue weighted by Gasteiger charge is -2.04. The Hall–Kier alpha value is -0.370. The fourth-order valence-electron chi connectivity index (χ4n) is 1.04. The van der Waals surface area contributed by atoms with Crippen molar-refractivity contribution < 1.29 is 4.79 Å². The van der Waals surface area contributed by atoms with Gasteiger partial charge in [-0.3, -0.25) is 0 Å². The number of aldehydes is 1. The molecule has 1 aliphatic rings. The highest BCUT2D eigenvalue weighted by atomic mass is 16.1. The molecule has 1 fully saturated rings. The molecule has 0 aromatic rings. The second kappa shape index (κ2) is 2.27. The van der Waals surface area contributed by atoms with Gasteiger partial charge in [0.15, 0.2) is 0 Å². The largest absolute Gasteiger partial charge is 0.307 e. The molecule has 0 unspecified atom stereocenters. The lowest BCUT2D eigenvalue weighted by atomic mass is 10.1. The van der Waals surface area contributed by atoms with Gasteiger partial charge in [0.05, 0.1) is 6.04 Å². The molecule has 1 heterocycles. The molecular weight excluding hydrogens is 102 g/mol. The Morgan fingerprint density at radius 1 is 1.75 bits per heavy atom. The van der Waals surface area contributed by atoms with E-state index in [4.69, 9.17) is 0 Å². The van der Waals surface area contributed by atoms with Gasteiger partial charge in [-0.2, -0.15) is 0 Å². The van der Waals surface area contributed by atoms with Crippen molar-refractivity contribution in [3.63, 3.8) is 0 Å². The van der Waals surface area contributed by atoms with Crippen LogP contribution in [0.3, 0.4) is 0 Å². The first-order valence-corrected chi connectivity index (χ1v) is 3.03. The van der Waals surface area contributed by atoms with Crippen LogP contribution in [0.4, 0.5) is 0 Å². The number of hydrogen-bond donors (Lipinski definition) is 1. The Kier molecular flexibility index (Phi) is 1.63. The van der Waals surface area contributed by atoms with Gasteiger partial charge in [-0.15, -0.1) is 0 Å². The molecule has 0 aliphatic carbocycles. The Bertz CT molecular complexity index is 92.5. The van der Waals surface area contributed by atoms with Gasteiger partial charge in [0, 0.05) is 0 Å². The molecule has 46 valence electrons. The summed E-state index contributed by atoms with van der Waals surface area (Å²) in [7, 11) is 0. The molecule has 0 aromatic heterocycles. The molecule has 8 heavy (non-hydrogen) atoms. The van der Waals surface area contributed by atoms with Crippen molar-refractivity contribution in [3.8, 4) is 0 Å². The molecule has 0 saturated carbocycles. The van der Waals surface area contributed by atoms with Crippen LogP contribution in [0.5, 0.6) is 0 Å². The van der Waals surface area contributed by atoms with Gasteiger partial charge >= 0.3 is 0 Å². The molecule has 1 aliphatic heterocycles. The van der Waals surface area contributed by atoms with Crippen molar-refractivity contribution >= 4 is 6.29 Å². The number of hydrogen-bond acceptors (Lipinski definition) is 2. The van der Waals surface area contributed by atoms with Crippen molar-refractivity contribution in [1.82, 2.24) is 5.32 Å². The average Bonchev–Trinajstić information content (AvgIpc) is 2.14. The number of carbonyl (C=O) groups excluding carboxylic acids is 1. The molecule has 1 rings (SSSR count). The first-order chi connectivity index (χ1) is 3.84. The molecule has 0 aromatic carbocycles. The highest BCUT2D eigenvalue weighted by molar-refractivity contribution is 5.58. The van der Waals surface area contributed by atoms with Crippen molar-refractivity contribution in [2.45, 2.75) is 19.4 Å². The summed E-state index contributed by atoms with van der Waals surface area (Å²) in [5.41, 5.74) is 0. The van der Waals surface area contributed by atoms with Gasteiger partial charge < -0.3 is 10.1 Å². The average molecular weight is 113 g/mol. The monoisotopic (exact) mass is 113 g/mol. The quantitative estimate of drug-likeness (QED) is 0.491. The van der Waals surface area contributed by atoms with Crippen LogP contribution in [0.25, 0.3) is 0 Å². The summed E-state index contributed by atoms with van der Waals surface area (Å²) in [5.74, 6) is 0.549. The molecule has 0 bridgehead atoms. The molecular formula is C6H11NO. The van der Waals surface area contributed by atoms with Gasteiger partial charge in [-0.05, 0) is 18.9 Å². The number of nitrogens with one attached hydrogen (secondary N) is 1. The summed E-state index contributed by atoms with van der Waals surface area (Å²) < 4.78 is 0. The fraction of sp³-hybridized carbons (Fsp3) is 0.833. The summed E-state index contributed by atoms with van der Waals surface area (Å²) in [4.78, 5) is 10.2.